The minimum Gasteiger partial charge on any atom is -0.325 e. The Morgan fingerprint density at radius 2 is 1.90 bits per heavy atom. The SMILES string of the molecule is CN1CCC[C@H]1CCCN(C(NC=O)NC=O)S(=O)(=O)NCc1ccc(Cl)cc1. The highest BCUT2D eigenvalue weighted by atomic mass is 35.5. The van der Waals surface area contributed by atoms with Crippen LogP contribution in [0.3, 0.4) is 0 Å². The van der Waals surface area contributed by atoms with E-state index in [9.17, 15) is 18.0 Å². The summed E-state index contributed by atoms with van der Waals surface area (Å²) in [4.78, 5) is 24.1. The Hall–Kier alpha value is -1.72. The van der Waals surface area contributed by atoms with Crippen molar-refractivity contribution in [3.63, 3.8) is 0 Å². The Bertz CT molecular complexity index is 752. The molecule has 29 heavy (non-hydrogen) atoms. The molecule has 1 aliphatic rings. The summed E-state index contributed by atoms with van der Waals surface area (Å²) in [5.41, 5.74) is 0.730. The Labute approximate surface area is 176 Å². The van der Waals surface area contributed by atoms with E-state index in [4.69, 9.17) is 11.6 Å². The topological polar surface area (TPSA) is 111 Å². The van der Waals surface area contributed by atoms with Crippen LogP contribution in [0, 0.1) is 0 Å². The van der Waals surface area contributed by atoms with Crippen LogP contribution in [0.2, 0.25) is 5.02 Å². The Balaban J connectivity index is 2.06. The highest BCUT2D eigenvalue weighted by Gasteiger charge is 2.30. The number of amides is 2. The molecule has 0 aromatic heterocycles. The molecule has 0 radical (unpaired) electrons. The Kier molecular flexibility index (Phi) is 9.31. The molecule has 0 aliphatic carbocycles. The number of carbonyl (C=O) groups excluding carboxylic acids is 2. The molecule has 1 fully saturated rings. The molecule has 1 aromatic rings. The van der Waals surface area contributed by atoms with Gasteiger partial charge in [-0.1, -0.05) is 23.7 Å². The minimum absolute atomic E-state index is 0.0518. The van der Waals surface area contributed by atoms with Gasteiger partial charge in [0, 0.05) is 24.2 Å². The van der Waals surface area contributed by atoms with Crippen molar-refractivity contribution >= 4 is 34.6 Å². The van der Waals surface area contributed by atoms with Crippen LogP contribution in [-0.2, 0) is 26.3 Å². The van der Waals surface area contributed by atoms with Crippen molar-refractivity contribution in [2.45, 2.75) is 44.6 Å². The molecule has 0 bridgehead atoms. The summed E-state index contributed by atoms with van der Waals surface area (Å²) in [6.07, 6.45) is 3.17. The van der Waals surface area contributed by atoms with Gasteiger partial charge in [-0.2, -0.15) is 13.1 Å². The van der Waals surface area contributed by atoms with E-state index in [-0.39, 0.29) is 13.1 Å². The van der Waals surface area contributed by atoms with Crippen LogP contribution in [0.5, 0.6) is 0 Å². The first kappa shape index (κ1) is 23.6. The molecule has 1 atom stereocenters. The van der Waals surface area contributed by atoms with Crippen molar-refractivity contribution in [2.75, 3.05) is 20.1 Å². The predicted octanol–water partition coefficient (Wildman–Crippen LogP) is 0.626. The van der Waals surface area contributed by atoms with Crippen molar-refractivity contribution in [3.8, 4) is 0 Å². The lowest BCUT2D eigenvalue weighted by molar-refractivity contribution is -0.113. The average molecular weight is 446 g/mol. The zero-order valence-corrected chi connectivity index (χ0v) is 18.0. The van der Waals surface area contributed by atoms with Crippen molar-refractivity contribution in [3.05, 3.63) is 34.9 Å². The van der Waals surface area contributed by atoms with E-state index in [1.54, 1.807) is 24.3 Å². The first-order valence-corrected chi connectivity index (χ1v) is 11.3. The molecule has 3 N–H and O–H groups in total. The third kappa shape index (κ3) is 7.23. The van der Waals surface area contributed by atoms with Crippen molar-refractivity contribution in [1.29, 1.82) is 0 Å². The maximum absolute atomic E-state index is 12.9. The molecule has 1 aromatic carbocycles. The smallest absolute Gasteiger partial charge is 0.283 e. The maximum atomic E-state index is 12.9. The lowest BCUT2D eigenvalue weighted by Crippen LogP contribution is -2.59. The average Bonchev–Trinajstić information content (AvgIpc) is 3.09. The molecule has 1 heterocycles. The summed E-state index contributed by atoms with van der Waals surface area (Å²) >= 11 is 5.85. The van der Waals surface area contributed by atoms with Crippen molar-refractivity contribution in [2.24, 2.45) is 0 Å². The van der Waals surface area contributed by atoms with Gasteiger partial charge in [-0.05, 0) is 57.0 Å². The summed E-state index contributed by atoms with van der Waals surface area (Å²) in [6.45, 7) is 1.24. The highest BCUT2D eigenvalue weighted by molar-refractivity contribution is 7.87. The van der Waals surface area contributed by atoms with E-state index in [1.807, 2.05) is 0 Å². The van der Waals surface area contributed by atoms with E-state index in [0.29, 0.717) is 30.3 Å². The number of benzene rings is 1. The fourth-order valence-electron chi connectivity index (χ4n) is 3.42. The quantitative estimate of drug-likeness (QED) is 0.304. The molecule has 2 rings (SSSR count). The molecule has 0 unspecified atom stereocenters. The Morgan fingerprint density at radius 1 is 1.24 bits per heavy atom. The zero-order chi connectivity index (χ0) is 21.3. The van der Waals surface area contributed by atoms with E-state index in [0.717, 1.165) is 35.7 Å². The second-order valence-electron chi connectivity index (χ2n) is 6.95. The van der Waals surface area contributed by atoms with Crippen LogP contribution in [0.4, 0.5) is 0 Å². The molecule has 0 saturated carbocycles. The lowest BCUT2D eigenvalue weighted by atomic mass is 10.1. The second kappa shape index (κ2) is 11.5. The van der Waals surface area contributed by atoms with Gasteiger partial charge >= 0.3 is 0 Å². The summed E-state index contributed by atoms with van der Waals surface area (Å²) < 4.78 is 29.4. The number of hydrogen-bond donors (Lipinski definition) is 3. The third-order valence-corrected chi connectivity index (χ3v) is 6.78. The van der Waals surface area contributed by atoms with Gasteiger partial charge in [0.05, 0.1) is 0 Å². The van der Waals surface area contributed by atoms with Crippen LogP contribution in [-0.4, -0.2) is 62.9 Å². The summed E-state index contributed by atoms with van der Waals surface area (Å²) in [7, 11) is -1.93. The first-order valence-electron chi connectivity index (χ1n) is 9.48. The molecule has 9 nitrogen and oxygen atoms in total. The number of hydrogen-bond acceptors (Lipinski definition) is 5. The first-order chi connectivity index (χ1) is 13.9. The second-order valence-corrected chi connectivity index (χ2v) is 9.10. The van der Waals surface area contributed by atoms with Gasteiger partial charge in [-0.3, -0.25) is 9.59 Å². The summed E-state index contributed by atoms with van der Waals surface area (Å²) in [5.74, 6) is 0. The van der Waals surface area contributed by atoms with Gasteiger partial charge < -0.3 is 15.5 Å². The molecule has 1 saturated heterocycles. The van der Waals surface area contributed by atoms with Gasteiger partial charge in [0.1, 0.15) is 0 Å². The predicted molar refractivity (Wildman–Crippen MR) is 111 cm³/mol. The van der Waals surface area contributed by atoms with Gasteiger partial charge in [0.15, 0.2) is 6.29 Å². The van der Waals surface area contributed by atoms with Crippen molar-refractivity contribution < 1.29 is 18.0 Å². The monoisotopic (exact) mass is 445 g/mol. The highest BCUT2D eigenvalue weighted by Crippen LogP contribution is 2.20. The molecular weight excluding hydrogens is 418 g/mol. The van der Waals surface area contributed by atoms with Gasteiger partial charge in [-0.25, -0.2) is 0 Å². The molecule has 162 valence electrons. The van der Waals surface area contributed by atoms with Crippen LogP contribution in [0.25, 0.3) is 0 Å². The third-order valence-electron chi connectivity index (χ3n) is 5.01. The summed E-state index contributed by atoms with van der Waals surface area (Å²) in [5, 5.41) is 5.23. The Morgan fingerprint density at radius 3 is 2.45 bits per heavy atom. The van der Waals surface area contributed by atoms with E-state index < -0.39 is 16.5 Å². The van der Waals surface area contributed by atoms with Crippen LogP contribution < -0.4 is 15.4 Å². The lowest BCUT2D eigenvalue weighted by Gasteiger charge is -2.30. The van der Waals surface area contributed by atoms with E-state index in [2.05, 4.69) is 27.3 Å². The largest absolute Gasteiger partial charge is 0.325 e. The van der Waals surface area contributed by atoms with Crippen LogP contribution in [0.1, 0.15) is 31.2 Å². The number of likely N-dealkylation sites (tertiary alicyclic amines) is 1. The van der Waals surface area contributed by atoms with Crippen LogP contribution in [0.15, 0.2) is 24.3 Å². The molecule has 2 amide bonds. The molecule has 0 spiro atoms. The number of rotatable bonds is 13. The normalized spacial score (nSPS) is 17.6. The van der Waals surface area contributed by atoms with Gasteiger partial charge in [0.25, 0.3) is 10.2 Å². The van der Waals surface area contributed by atoms with Crippen LogP contribution >= 0.6 is 11.6 Å². The maximum Gasteiger partial charge on any atom is 0.283 e. The van der Waals surface area contributed by atoms with Gasteiger partial charge in [-0.15, -0.1) is 4.31 Å². The minimum atomic E-state index is -3.99. The number of carbonyl (C=O) groups is 2. The van der Waals surface area contributed by atoms with E-state index in [1.165, 1.54) is 0 Å². The molecule has 1 aliphatic heterocycles. The molecular formula is C18H28ClN5O4S. The number of halogens is 1. The van der Waals surface area contributed by atoms with Crippen molar-refractivity contribution in [1.82, 2.24) is 24.6 Å². The fourth-order valence-corrected chi connectivity index (χ4v) is 4.83. The summed E-state index contributed by atoms with van der Waals surface area (Å²) in [6, 6.07) is 7.20. The fraction of sp³-hybridized carbons (Fsp3) is 0.556. The molecule has 11 heteroatoms. The number of nitrogens with zero attached hydrogens (tertiary/aromatic N) is 2. The zero-order valence-electron chi connectivity index (χ0n) is 16.4. The van der Waals surface area contributed by atoms with Gasteiger partial charge in [0.2, 0.25) is 12.8 Å². The van der Waals surface area contributed by atoms with E-state index >= 15 is 0 Å². The standard InChI is InChI=1S/C18H28ClN5O4S/c1-23-10-2-4-17(23)5-3-11-24(18(20-13-25)21-14-26)29(27,28)22-12-15-6-8-16(19)9-7-15/h6-9,13-14,17-18,22H,2-5,10-12H2,1H3,(H,20,25)(H,21,26)/t17-/m0/s1. The number of nitrogens with one attached hydrogen (secondary N) is 3.